The normalized spacial score (nSPS) is 13.7. The zero-order chi connectivity index (χ0) is 69.6. The Bertz CT molecular complexity index is 2650. The van der Waals surface area contributed by atoms with E-state index < -0.39 is 216 Å². The summed E-state index contributed by atoms with van der Waals surface area (Å²) in [5.74, 6) is -51.6. The van der Waals surface area contributed by atoms with Crippen molar-refractivity contribution in [2.24, 2.45) is 0 Å². The van der Waals surface area contributed by atoms with Crippen LogP contribution in [0.3, 0.4) is 0 Å². The summed E-state index contributed by atoms with van der Waals surface area (Å²) in [6.07, 6.45) is -3.83. The van der Waals surface area contributed by atoms with Gasteiger partial charge in [0, 0.05) is 26.4 Å². The maximum Gasteiger partial charge on any atom is 0.206 e. The Morgan fingerprint density at radius 1 is 0.234 bits per heavy atom. The number of aliphatic hydroxyl groups excluding tert-OH is 2. The summed E-state index contributed by atoms with van der Waals surface area (Å²) in [7, 11) is 0. The van der Waals surface area contributed by atoms with Crippen molar-refractivity contribution in [1.29, 1.82) is 0 Å². The smallest absolute Gasteiger partial charge is 0.206 e. The number of aliphatic hydroxyl groups is 2. The molecule has 4 rings (SSSR count). The van der Waals surface area contributed by atoms with Gasteiger partial charge in [0.15, 0.2) is 35.6 Å². The monoisotopic (exact) mass is 1400 g/mol. The highest BCUT2D eigenvalue weighted by atomic mass is 19.2. The van der Waals surface area contributed by atoms with Crippen molar-refractivity contribution >= 4 is 0 Å². The Labute approximate surface area is 523 Å². The average molecular weight is 1400 g/mol. The number of benzene rings is 4. The van der Waals surface area contributed by atoms with Crippen LogP contribution in [0.15, 0.2) is 0 Å². The molecule has 4 aromatic carbocycles. The molecule has 0 aliphatic carbocycles. The van der Waals surface area contributed by atoms with Gasteiger partial charge in [0.05, 0.1) is 66.1 Å². The van der Waals surface area contributed by atoms with Gasteiger partial charge in [-0.3, -0.25) is 0 Å². The number of halogens is 20. The second kappa shape index (κ2) is 42.0. The molecule has 0 spiro atoms. The van der Waals surface area contributed by atoms with E-state index >= 15 is 0 Å². The van der Waals surface area contributed by atoms with E-state index in [1.807, 2.05) is 0 Å². The first-order valence-corrected chi connectivity index (χ1v) is 28.6. The van der Waals surface area contributed by atoms with Crippen molar-refractivity contribution in [3.63, 3.8) is 0 Å². The Morgan fingerprint density at radius 3 is 0.702 bits per heavy atom. The number of ether oxygens (including phenoxy) is 14. The molecule has 36 heteroatoms. The van der Waals surface area contributed by atoms with Crippen molar-refractivity contribution in [2.75, 3.05) is 119 Å². The quantitative estimate of drug-likeness (QED) is 0.0141. The van der Waals surface area contributed by atoms with Crippen LogP contribution in [-0.4, -0.2) is 166 Å². The average Bonchev–Trinajstić information content (AvgIpc) is 0.831. The molecule has 6 unspecified atom stereocenters. The van der Waals surface area contributed by atoms with E-state index in [9.17, 15) is 98.0 Å². The summed E-state index contributed by atoms with van der Waals surface area (Å²) < 4.78 is 350. The van der Waals surface area contributed by atoms with Crippen LogP contribution in [0.25, 0.3) is 0 Å². The third kappa shape index (κ3) is 25.3. The van der Waals surface area contributed by atoms with Crippen molar-refractivity contribution in [3.05, 3.63) is 116 Å². The molecule has 0 aliphatic rings. The minimum Gasteiger partial charge on any atom is -0.485 e. The molecule has 0 fully saturated rings. The molecule has 2 N–H and O–H groups in total. The highest BCUT2D eigenvalue weighted by Crippen LogP contribution is 2.33. The van der Waals surface area contributed by atoms with Crippen LogP contribution in [0.1, 0.15) is 65.2 Å². The van der Waals surface area contributed by atoms with Crippen LogP contribution in [-0.2, 0) is 47.4 Å². The maximum atomic E-state index is 14.4. The first kappa shape index (κ1) is 80.6. The fourth-order valence-corrected chi connectivity index (χ4v) is 7.79. The molecular weight excluding hydrogens is 1330 g/mol. The molecule has 16 nitrogen and oxygen atoms in total. The minimum atomic E-state index is -2.41. The summed E-state index contributed by atoms with van der Waals surface area (Å²) in [5.41, 5.74) is 0. The van der Waals surface area contributed by atoms with Crippen LogP contribution in [0.4, 0.5) is 87.8 Å². The third-order valence-electron chi connectivity index (χ3n) is 12.5. The van der Waals surface area contributed by atoms with Gasteiger partial charge < -0.3 is 76.5 Å². The van der Waals surface area contributed by atoms with E-state index in [2.05, 4.69) is 9.47 Å². The summed E-state index contributed by atoms with van der Waals surface area (Å²) in [6.45, 7) is -2.03. The Morgan fingerprint density at radius 2 is 0.447 bits per heavy atom. The molecule has 0 bridgehead atoms. The van der Waals surface area contributed by atoms with E-state index in [1.54, 1.807) is 0 Å². The van der Waals surface area contributed by atoms with E-state index in [4.69, 9.17) is 56.8 Å². The molecule has 0 aliphatic heterocycles. The molecule has 0 saturated carbocycles. The first-order valence-electron chi connectivity index (χ1n) is 28.6. The van der Waals surface area contributed by atoms with E-state index in [0.29, 0.717) is 51.4 Å². The van der Waals surface area contributed by atoms with Gasteiger partial charge in [0.1, 0.15) is 50.8 Å². The fourth-order valence-electron chi connectivity index (χ4n) is 7.79. The SMILES string of the molecule is CC(OCCOCCOCCOC(C)OC(COCCCCCCOCC(O)COc1c(F)c(F)c(F)c(F)c1F)COc1c(F)c(F)c(F)c(F)c1F)OC(COCCCCCCOCC(O)COc1c(F)c(F)c(F)c(F)c1F)COc1c(F)c(F)c(F)c(F)c1F. The predicted molar refractivity (Wildman–Crippen MR) is 281 cm³/mol. The van der Waals surface area contributed by atoms with Crippen LogP contribution >= 0.6 is 0 Å². The summed E-state index contributed by atoms with van der Waals surface area (Å²) in [4.78, 5) is 0. The van der Waals surface area contributed by atoms with Gasteiger partial charge in [-0.1, -0.05) is 25.7 Å². The van der Waals surface area contributed by atoms with Crippen LogP contribution in [0.2, 0.25) is 0 Å². The van der Waals surface area contributed by atoms with Crippen molar-refractivity contribution in [1.82, 2.24) is 0 Å². The van der Waals surface area contributed by atoms with Gasteiger partial charge in [-0.05, 0) is 39.5 Å². The molecule has 0 amide bonds. The van der Waals surface area contributed by atoms with E-state index in [0.717, 1.165) is 0 Å². The van der Waals surface area contributed by atoms with Gasteiger partial charge >= 0.3 is 0 Å². The lowest BCUT2D eigenvalue weighted by Crippen LogP contribution is -2.33. The Hall–Kier alpha value is -5.80. The maximum absolute atomic E-state index is 14.4. The molecule has 0 radical (unpaired) electrons. The largest absolute Gasteiger partial charge is 0.485 e. The van der Waals surface area contributed by atoms with E-state index in [-0.39, 0.29) is 79.3 Å². The second-order valence-corrected chi connectivity index (χ2v) is 19.9. The second-order valence-electron chi connectivity index (χ2n) is 19.9. The highest BCUT2D eigenvalue weighted by Gasteiger charge is 2.32. The standard InChI is InChI=1S/C58H66F20O16/c1-29(93-33(27-91-57-51(75)43(67)37(61)44(68)52(57)76)25-85-13-9-5-3-7-11-83-21-31(79)23-89-55-47(71)39(63)35(59)40(64)48(55)72)87-19-17-81-15-16-82-18-20-88-30(2)94-34(28-92-58-53(77)45(69)38(62)46(70)54(58)78)26-86-14-10-6-4-8-12-84-22-32(80)24-90-56-49(73)41(65)36(60)42(66)50(56)74/h29-34,79-80H,3-28H2,1-2H3. The van der Waals surface area contributed by atoms with Crippen molar-refractivity contribution in [2.45, 2.75) is 102 Å². The van der Waals surface area contributed by atoms with Gasteiger partial charge in [0.2, 0.25) is 116 Å². The lowest BCUT2D eigenvalue weighted by molar-refractivity contribution is -0.186. The zero-order valence-electron chi connectivity index (χ0n) is 50.0. The zero-order valence-corrected chi connectivity index (χ0v) is 50.0. The van der Waals surface area contributed by atoms with Gasteiger partial charge in [-0.15, -0.1) is 0 Å². The lowest BCUT2D eigenvalue weighted by atomic mass is 10.2. The van der Waals surface area contributed by atoms with Gasteiger partial charge in [-0.2, -0.15) is 35.1 Å². The summed E-state index contributed by atoms with van der Waals surface area (Å²) in [6, 6.07) is 0. The number of hydrogen-bond acceptors (Lipinski definition) is 16. The predicted octanol–water partition coefficient (Wildman–Crippen LogP) is 11.5. The Kier molecular flexibility index (Phi) is 36.0. The Balaban J connectivity index is 1.11. The van der Waals surface area contributed by atoms with Crippen LogP contribution < -0.4 is 18.9 Å². The van der Waals surface area contributed by atoms with Gasteiger partial charge in [0.25, 0.3) is 0 Å². The number of unbranched alkanes of at least 4 members (excludes halogenated alkanes) is 6. The fraction of sp³-hybridized carbons (Fsp3) is 0.586. The van der Waals surface area contributed by atoms with Crippen LogP contribution in [0, 0.1) is 116 Å². The minimum absolute atomic E-state index is 0.0103. The summed E-state index contributed by atoms with van der Waals surface area (Å²) in [5, 5.41) is 19.9. The first-order chi connectivity index (χ1) is 44.7. The molecule has 6 atom stereocenters. The van der Waals surface area contributed by atoms with E-state index in [1.165, 1.54) is 13.8 Å². The molecule has 0 aromatic heterocycles. The molecule has 4 aromatic rings. The van der Waals surface area contributed by atoms with Crippen LogP contribution in [0.5, 0.6) is 23.0 Å². The number of hydrogen-bond donors (Lipinski definition) is 2. The van der Waals surface area contributed by atoms with Gasteiger partial charge in [-0.25, -0.2) is 52.7 Å². The van der Waals surface area contributed by atoms with Crippen molar-refractivity contribution in [3.8, 4) is 23.0 Å². The molecule has 94 heavy (non-hydrogen) atoms. The molecular formula is C58H66F20O16. The number of rotatable bonds is 49. The topological polar surface area (TPSA) is 170 Å². The summed E-state index contributed by atoms with van der Waals surface area (Å²) >= 11 is 0. The lowest BCUT2D eigenvalue weighted by Gasteiger charge is -2.23. The highest BCUT2D eigenvalue weighted by molar-refractivity contribution is 5.32. The third-order valence-corrected chi connectivity index (χ3v) is 12.5. The molecule has 534 valence electrons. The molecule has 0 heterocycles. The molecule has 0 saturated heterocycles. The van der Waals surface area contributed by atoms with Crippen molar-refractivity contribution < 1.29 is 164 Å².